The van der Waals surface area contributed by atoms with Gasteiger partial charge in [0.25, 0.3) is 5.91 Å². The third-order valence-corrected chi connectivity index (χ3v) is 3.36. The molecule has 0 bridgehead atoms. The van der Waals surface area contributed by atoms with E-state index in [4.69, 9.17) is 11.6 Å². The average Bonchev–Trinajstić information content (AvgIpc) is 2.44. The van der Waals surface area contributed by atoms with Gasteiger partial charge in [0.15, 0.2) is 0 Å². The van der Waals surface area contributed by atoms with Crippen LogP contribution in [-0.2, 0) is 4.79 Å². The van der Waals surface area contributed by atoms with Crippen molar-refractivity contribution in [3.63, 3.8) is 0 Å². The number of anilines is 1. The second-order valence-corrected chi connectivity index (χ2v) is 5.49. The van der Waals surface area contributed by atoms with Crippen LogP contribution in [-0.4, -0.2) is 18.4 Å². The molecule has 0 fully saturated rings. The van der Waals surface area contributed by atoms with Crippen molar-refractivity contribution in [2.45, 2.75) is 13.8 Å². The van der Waals surface area contributed by atoms with Crippen LogP contribution in [0.2, 0.25) is 5.02 Å². The smallest absolute Gasteiger partial charge is 0.253 e. The number of nitrogens with one attached hydrogen (secondary N) is 2. The predicted octanol–water partition coefficient (Wildman–Crippen LogP) is 3.33. The Balaban J connectivity index is 1.93. The molecule has 2 rings (SSSR count). The van der Waals surface area contributed by atoms with Crippen LogP contribution in [0.4, 0.5) is 5.69 Å². The zero-order chi connectivity index (χ0) is 16.1. The average molecular weight is 317 g/mol. The molecule has 2 amide bonds. The normalized spacial score (nSPS) is 10.1. The highest BCUT2D eigenvalue weighted by Crippen LogP contribution is 2.15. The summed E-state index contributed by atoms with van der Waals surface area (Å²) in [6.07, 6.45) is 0. The lowest BCUT2D eigenvalue weighted by atomic mass is 10.1. The number of aryl methyl sites for hydroxylation is 2. The zero-order valence-electron chi connectivity index (χ0n) is 12.4. The summed E-state index contributed by atoms with van der Waals surface area (Å²) in [5.41, 5.74) is 3.20. The van der Waals surface area contributed by atoms with Crippen molar-refractivity contribution < 1.29 is 9.59 Å². The highest BCUT2D eigenvalue weighted by Gasteiger charge is 2.11. The number of hydrogen-bond donors (Lipinski definition) is 2. The molecular formula is C17H17ClN2O2. The molecule has 0 aliphatic rings. The monoisotopic (exact) mass is 316 g/mol. The van der Waals surface area contributed by atoms with Crippen molar-refractivity contribution in [1.29, 1.82) is 0 Å². The standard InChI is InChI=1S/C17H17ClN2O2/c1-11-7-12(2)9-13(8-11)20-16(21)10-19-17(22)14-5-3-4-6-15(14)18/h3-9H,10H2,1-2H3,(H,19,22)(H,20,21). The van der Waals surface area contributed by atoms with Gasteiger partial charge in [-0.1, -0.05) is 29.8 Å². The molecule has 5 heteroatoms. The number of amides is 2. The molecule has 0 unspecified atom stereocenters. The minimum atomic E-state index is -0.374. The molecule has 0 aliphatic heterocycles. The number of carbonyl (C=O) groups is 2. The summed E-state index contributed by atoms with van der Waals surface area (Å²) >= 11 is 5.94. The van der Waals surface area contributed by atoms with E-state index in [-0.39, 0.29) is 18.4 Å². The van der Waals surface area contributed by atoms with E-state index in [0.717, 1.165) is 16.8 Å². The van der Waals surface area contributed by atoms with Gasteiger partial charge in [-0.05, 0) is 49.2 Å². The number of halogens is 1. The van der Waals surface area contributed by atoms with Crippen LogP contribution in [0.3, 0.4) is 0 Å². The van der Waals surface area contributed by atoms with Crippen LogP contribution in [0.15, 0.2) is 42.5 Å². The van der Waals surface area contributed by atoms with Crippen molar-refractivity contribution in [3.8, 4) is 0 Å². The Hall–Kier alpha value is -2.33. The molecule has 2 aromatic rings. The van der Waals surface area contributed by atoms with E-state index in [0.29, 0.717) is 10.6 Å². The Morgan fingerprint density at radius 3 is 2.32 bits per heavy atom. The van der Waals surface area contributed by atoms with Crippen molar-refractivity contribution >= 4 is 29.1 Å². The largest absolute Gasteiger partial charge is 0.343 e. The van der Waals surface area contributed by atoms with Crippen LogP contribution in [0.5, 0.6) is 0 Å². The van der Waals surface area contributed by atoms with Crippen molar-refractivity contribution in [1.82, 2.24) is 5.32 Å². The summed E-state index contributed by atoms with van der Waals surface area (Å²) in [6, 6.07) is 12.5. The molecule has 0 spiro atoms. The van der Waals surface area contributed by atoms with Gasteiger partial charge in [0.2, 0.25) is 5.91 Å². The molecule has 0 radical (unpaired) electrons. The summed E-state index contributed by atoms with van der Waals surface area (Å²) in [6.45, 7) is 3.81. The number of carbonyl (C=O) groups excluding carboxylic acids is 2. The van der Waals surface area contributed by atoms with E-state index in [9.17, 15) is 9.59 Å². The van der Waals surface area contributed by atoms with Crippen molar-refractivity contribution in [2.24, 2.45) is 0 Å². The predicted molar refractivity (Wildman–Crippen MR) is 88.3 cm³/mol. The Bertz CT molecular complexity index is 693. The van der Waals surface area contributed by atoms with E-state index >= 15 is 0 Å². The Labute approximate surface area is 134 Å². The lowest BCUT2D eigenvalue weighted by molar-refractivity contribution is -0.115. The van der Waals surface area contributed by atoms with Crippen LogP contribution in [0.1, 0.15) is 21.5 Å². The van der Waals surface area contributed by atoms with Gasteiger partial charge < -0.3 is 10.6 Å². The lowest BCUT2D eigenvalue weighted by Crippen LogP contribution is -2.33. The first-order chi connectivity index (χ1) is 10.5. The van der Waals surface area contributed by atoms with Crippen LogP contribution in [0.25, 0.3) is 0 Å². The molecule has 22 heavy (non-hydrogen) atoms. The molecule has 0 aliphatic carbocycles. The van der Waals surface area contributed by atoms with Gasteiger partial charge in [-0.15, -0.1) is 0 Å². The maximum atomic E-state index is 12.0. The Kier molecular flexibility index (Phi) is 5.17. The van der Waals surface area contributed by atoms with E-state index in [1.807, 2.05) is 32.0 Å². The van der Waals surface area contributed by atoms with Crippen molar-refractivity contribution in [2.75, 3.05) is 11.9 Å². The van der Waals surface area contributed by atoms with Crippen molar-refractivity contribution in [3.05, 3.63) is 64.2 Å². The zero-order valence-corrected chi connectivity index (χ0v) is 13.2. The maximum absolute atomic E-state index is 12.0. The van der Waals surface area contributed by atoms with E-state index < -0.39 is 0 Å². The molecule has 0 saturated carbocycles. The third kappa shape index (κ3) is 4.33. The van der Waals surface area contributed by atoms with Gasteiger partial charge in [-0.3, -0.25) is 9.59 Å². The summed E-state index contributed by atoms with van der Waals surface area (Å²) in [4.78, 5) is 23.9. The van der Waals surface area contributed by atoms with Crippen LogP contribution >= 0.6 is 11.6 Å². The van der Waals surface area contributed by atoms with Gasteiger partial charge in [0.1, 0.15) is 0 Å². The molecule has 0 heterocycles. The van der Waals surface area contributed by atoms with E-state index in [2.05, 4.69) is 10.6 Å². The summed E-state index contributed by atoms with van der Waals surface area (Å²) < 4.78 is 0. The second kappa shape index (κ2) is 7.09. The maximum Gasteiger partial charge on any atom is 0.253 e. The fraction of sp³-hybridized carbons (Fsp3) is 0.176. The number of rotatable bonds is 4. The molecule has 0 saturated heterocycles. The number of hydrogen-bond acceptors (Lipinski definition) is 2. The Morgan fingerprint density at radius 1 is 1.05 bits per heavy atom. The first kappa shape index (κ1) is 16.0. The molecule has 4 nitrogen and oxygen atoms in total. The van der Waals surface area contributed by atoms with Gasteiger partial charge in [-0.2, -0.15) is 0 Å². The topological polar surface area (TPSA) is 58.2 Å². The Morgan fingerprint density at radius 2 is 1.68 bits per heavy atom. The lowest BCUT2D eigenvalue weighted by Gasteiger charge is -2.09. The SMILES string of the molecule is Cc1cc(C)cc(NC(=O)CNC(=O)c2ccccc2Cl)c1. The first-order valence-electron chi connectivity index (χ1n) is 6.86. The fourth-order valence-corrected chi connectivity index (χ4v) is 2.37. The minimum Gasteiger partial charge on any atom is -0.343 e. The van der Waals surface area contributed by atoms with Crippen LogP contribution < -0.4 is 10.6 Å². The fourth-order valence-electron chi connectivity index (χ4n) is 2.15. The molecule has 0 aromatic heterocycles. The molecule has 0 atom stereocenters. The molecule has 2 N–H and O–H groups in total. The van der Waals surface area contributed by atoms with Crippen LogP contribution in [0, 0.1) is 13.8 Å². The number of benzene rings is 2. The van der Waals surface area contributed by atoms with E-state index in [1.54, 1.807) is 24.3 Å². The quantitative estimate of drug-likeness (QED) is 0.909. The summed E-state index contributed by atoms with van der Waals surface area (Å²) in [5.74, 6) is -0.661. The molecule has 114 valence electrons. The molecular weight excluding hydrogens is 300 g/mol. The second-order valence-electron chi connectivity index (χ2n) is 5.09. The van der Waals surface area contributed by atoms with E-state index in [1.165, 1.54) is 0 Å². The first-order valence-corrected chi connectivity index (χ1v) is 7.24. The third-order valence-electron chi connectivity index (χ3n) is 3.03. The van der Waals surface area contributed by atoms with Gasteiger partial charge in [0, 0.05) is 5.69 Å². The highest BCUT2D eigenvalue weighted by molar-refractivity contribution is 6.33. The van der Waals surface area contributed by atoms with Gasteiger partial charge in [0.05, 0.1) is 17.1 Å². The van der Waals surface area contributed by atoms with Gasteiger partial charge >= 0.3 is 0 Å². The summed E-state index contributed by atoms with van der Waals surface area (Å²) in [7, 11) is 0. The molecule has 2 aromatic carbocycles. The van der Waals surface area contributed by atoms with Gasteiger partial charge in [-0.25, -0.2) is 0 Å². The summed E-state index contributed by atoms with van der Waals surface area (Å²) in [5, 5.41) is 5.67. The highest BCUT2D eigenvalue weighted by atomic mass is 35.5. The minimum absolute atomic E-state index is 0.114.